The molecular formula is C14H14BrN3O2S. The topological polar surface area (TPSA) is 76.3 Å². The lowest BCUT2D eigenvalue weighted by Crippen LogP contribution is -2.36. The molecule has 0 bridgehead atoms. The minimum absolute atomic E-state index is 0.0251. The van der Waals surface area contributed by atoms with Crippen LogP contribution in [0.1, 0.15) is 11.1 Å². The summed E-state index contributed by atoms with van der Waals surface area (Å²) < 4.78 is 27.6. The Labute approximate surface area is 132 Å². The van der Waals surface area contributed by atoms with Gasteiger partial charge in [0.15, 0.2) is 0 Å². The molecule has 0 saturated heterocycles. The van der Waals surface area contributed by atoms with Gasteiger partial charge in [-0.1, -0.05) is 24.3 Å². The molecule has 1 aromatic heterocycles. The van der Waals surface area contributed by atoms with Gasteiger partial charge in [-0.25, -0.2) is 13.4 Å². The van der Waals surface area contributed by atoms with E-state index in [0.717, 1.165) is 5.56 Å². The molecule has 0 aliphatic carbocycles. The quantitative estimate of drug-likeness (QED) is 0.882. The van der Waals surface area contributed by atoms with Crippen LogP contribution in [0.5, 0.6) is 0 Å². The molecule has 5 nitrogen and oxygen atoms in total. The Hall–Kier alpha value is -1.44. The Morgan fingerprint density at radius 2 is 1.95 bits per heavy atom. The van der Waals surface area contributed by atoms with Crippen molar-refractivity contribution in [1.29, 1.82) is 0 Å². The summed E-state index contributed by atoms with van der Waals surface area (Å²) in [5, 5.41) is 0. The molecule has 1 aromatic carbocycles. The fraction of sp³-hybridized carbons (Fsp3) is 0.214. The van der Waals surface area contributed by atoms with Crippen molar-refractivity contribution in [2.45, 2.75) is 17.9 Å². The van der Waals surface area contributed by atoms with Gasteiger partial charge in [0.05, 0.1) is 0 Å². The van der Waals surface area contributed by atoms with Crippen molar-refractivity contribution in [2.24, 2.45) is 0 Å². The van der Waals surface area contributed by atoms with Crippen LogP contribution < -0.4 is 5.73 Å². The standard InChI is InChI=1S/C14H14BrN3O2S/c15-12-7-13(14(16)17-8-12)21(19,20)18-6-5-10-3-1-2-4-11(10)9-18/h1-4,7-8H,5-6,9H2,(H2,16,17). The summed E-state index contributed by atoms with van der Waals surface area (Å²) in [5.74, 6) is 0.0251. The molecule has 110 valence electrons. The highest BCUT2D eigenvalue weighted by Gasteiger charge is 2.30. The maximum atomic E-state index is 12.8. The summed E-state index contributed by atoms with van der Waals surface area (Å²) in [6.45, 7) is 0.815. The van der Waals surface area contributed by atoms with Crippen LogP contribution in [0, 0.1) is 0 Å². The summed E-state index contributed by atoms with van der Waals surface area (Å²) in [5.41, 5.74) is 7.97. The molecule has 2 N–H and O–H groups in total. The summed E-state index contributed by atoms with van der Waals surface area (Å²) in [7, 11) is -3.64. The second-order valence-corrected chi connectivity index (χ2v) is 7.72. The highest BCUT2D eigenvalue weighted by molar-refractivity contribution is 9.10. The first-order valence-corrected chi connectivity index (χ1v) is 8.70. The molecule has 0 fully saturated rings. The Bertz CT molecular complexity index is 793. The van der Waals surface area contributed by atoms with Gasteiger partial charge in [-0.3, -0.25) is 0 Å². The SMILES string of the molecule is Nc1ncc(Br)cc1S(=O)(=O)N1CCc2ccccc2C1. The number of sulfonamides is 1. The van der Waals surface area contributed by atoms with E-state index < -0.39 is 10.0 Å². The highest BCUT2D eigenvalue weighted by atomic mass is 79.9. The second-order valence-electron chi connectivity index (χ2n) is 4.89. The molecule has 0 unspecified atom stereocenters. The Kier molecular flexibility index (Phi) is 3.73. The van der Waals surface area contributed by atoms with E-state index in [0.29, 0.717) is 24.0 Å². The van der Waals surface area contributed by atoms with Crippen molar-refractivity contribution in [1.82, 2.24) is 9.29 Å². The number of rotatable bonds is 2. The van der Waals surface area contributed by atoms with Gasteiger partial charge in [0.2, 0.25) is 10.0 Å². The molecule has 1 aliphatic rings. The largest absolute Gasteiger partial charge is 0.383 e. The van der Waals surface area contributed by atoms with E-state index in [1.54, 1.807) is 0 Å². The van der Waals surface area contributed by atoms with Crippen molar-refractivity contribution in [2.75, 3.05) is 12.3 Å². The van der Waals surface area contributed by atoms with Gasteiger partial charge in [-0.05, 0) is 39.5 Å². The maximum absolute atomic E-state index is 12.8. The van der Waals surface area contributed by atoms with E-state index in [4.69, 9.17) is 5.73 Å². The van der Waals surface area contributed by atoms with Crippen LogP contribution in [0.25, 0.3) is 0 Å². The molecule has 0 amide bonds. The zero-order chi connectivity index (χ0) is 15.0. The third-order valence-electron chi connectivity index (χ3n) is 3.56. The lowest BCUT2D eigenvalue weighted by Gasteiger charge is -2.28. The molecule has 2 heterocycles. The van der Waals surface area contributed by atoms with Gasteiger partial charge in [0.1, 0.15) is 10.7 Å². The van der Waals surface area contributed by atoms with Crippen LogP contribution in [0.3, 0.4) is 0 Å². The number of halogens is 1. The first kappa shape index (κ1) is 14.5. The average Bonchev–Trinajstić information content (AvgIpc) is 2.49. The number of benzene rings is 1. The van der Waals surface area contributed by atoms with E-state index in [1.807, 2.05) is 24.3 Å². The second kappa shape index (κ2) is 5.40. The average molecular weight is 368 g/mol. The molecule has 7 heteroatoms. The third-order valence-corrected chi connectivity index (χ3v) is 5.87. The molecular weight excluding hydrogens is 354 g/mol. The molecule has 0 saturated carbocycles. The molecule has 3 rings (SSSR count). The third kappa shape index (κ3) is 2.68. The van der Waals surface area contributed by atoms with E-state index in [1.165, 1.54) is 22.1 Å². The Morgan fingerprint density at radius 1 is 1.24 bits per heavy atom. The zero-order valence-electron chi connectivity index (χ0n) is 11.2. The summed E-state index contributed by atoms with van der Waals surface area (Å²) in [6.07, 6.45) is 2.19. The first-order valence-electron chi connectivity index (χ1n) is 6.46. The van der Waals surface area contributed by atoms with E-state index in [9.17, 15) is 8.42 Å². The van der Waals surface area contributed by atoms with Gasteiger partial charge in [-0.15, -0.1) is 0 Å². The fourth-order valence-electron chi connectivity index (χ4n) is 2.45. The number of anilines is 1. The number of hydrogen-bond acceptors (Lipinski definition) is 4. The number of pyridine rings is 1. The Morgan fingerprint density at radius 3 is 2.71 bits per heavy atom. The monoisotopic (exact) mass is 367 g/mol. The predicted octanol–water partition coefficient (Wildman–Crippen LogP) is 2.17. The molecule has 0 spiro atoms. The summed E-state index contributed by atoms with van der Waals surface area (Å²) in [4.78, 5) is 3.96. The maximum Gasteiger partial charge on any atom is 0.247 e. The number of hydrogen-bond donors (Lipinski definition) is 1. The predicted molar refractivity (Wildman–Crippen MR) is 84.1 cm³/mol. The van der Waals surface area contributed by atoms with Crippen molar-refractivity contribution in [3.05, 3.63) is 52.1 Å². The van der Waals surface area contributed by atoms with E-state index in [2.05, 4.69) is 20.9 Å². The van der Waals surface area contributed by atoms with Gasteiger partial charge in [0.25, 0.3) is 0 Å². The molecule has 0 atom stereocenters. The van der Waals surface area contributed by atoms with Crippen molar-refractivity contribution in [3.8, 4) is 0 Å². The minimum Gasteiger partial charge on any atom is -0.383 e. The van der Waals surface area contributed by atoms with E-state index in [-0.39, 0.29) is 10.7 Å². The fourth-order valence-corrected chi connectivity index (χ4v) is 4.45. The molecule has 1 aliphatic heterocycles. The minimum atomic E-state index is -3.64. The number of nitrogens with zero attached hydrogens (tertiary/aromatic N) is 2. The van der Waals surface area contributed by atoms with Crippen LogP contribution in [0.4, 0.5) is 5.82 Å². The van der Waals surface area contributed by atoms with Gasteiger partial charge in [0, 0.05) is 23.8 Å². The lowest BCUT2D eigenvalue weighted by atomic mass is 10.0. The Balaban J connectivity index is 1.99. The van der Waals surface area contributed by atoms with Gasteiger partial charge >= 0.3 is 0 Å². The number of fused-ring (bicyclic) bond motifs is 1. The van der Waals surface area contributed by atoms with E-state index >= 15 is 0 Å². The molecule has 2 aromatic rings. The molecule has 21 heavy (non-hydrogen) atoms. The smallest absolute Gasteiger partial charge is 0.247 e. The van der Waals surface area contributed by atoms with Crippen LogP contribution in [-0.4, -0.2) is 24.3 Å². The van der Waals surface area contributed by atoms with Crippen LogP contribution >= 0.6 is 15.9 Å². The summed E-state index contributed by atoms with van der Waals surface area (Å²) in [6, 6.07) is 9.38. The number of aromatic nitrogens is 1. The van der Waals surface area contributed by atoms with Crippen molar-refractivity contribution < 1.29 is 8.42 Å². The van der Waals surface area contributed by atoms with Crippen molar-refractivity contribution >= 4 is 31.8 Å². The lowest BCUT2D eigenvalue weighted by molar-refractivity contribution is 0.391. The van der Waals surface area contributed by atoms with Crippen LogP contribution in [0.15, 0.2) is 45.9 Å². The summed E-state index contributed by atoms with van der Waals surface area (Å²) >= 11 is 3.24. The van der Waals surface area contributed by atoms with Crippen molar-refractivity contribution in [3.63, 3.8) is 0 Å². The van der Waals surface area contributed by atoms with Gasteiger partial charge in [-0.2, -0.15) is 4.31 Å². The number of nitrogen functional groups attached to an aromatic ring is 1. The van der Waals surface area contributed by atoms with Crippen LogP contribution in [0.2, 0.25) is 0 Å². The zero-order valence-corrected chi connectivity index (χ0v) is 13.6. The normalized spacial score (nSPS) is 15.7. The highest BCUT2D eigenvalue weighted by Crippen LogP contribution is 2.28. The van der Waals surface area contributed by atoms with Gasteiger partial charge < -0.3 is 5.73 Å². The molecule has 0 radical (unpaired) electrons. The number of nitrogens with two attached hydrogens (primary N) is 1. The van der Waals surface area contributed by atoms with Crippen LogP contribution in [-0.2, 0) is 23.0 Å². The first-order chi connectivity index (χ1) is 9.98.